The van der Waals surface area contributed by atoms with Crippen molar-refractivity contribution >= 4 is 37.3 Å². The van der Waals surface area contributed by atoms with Gasteiger partial charge in [-0.2, -0.15) is 0 Å². The van der Waals surface area contributed by atoms with E-state index in [1.165, 1.54) is 17.0 Å². The van der Waals surface area contributed by atoms with Crippen molar-refractivity contribution in [3.05, 3.63) is 50.6 Å². The van der Waals surface area contributed by atoms with Gasteiger partial charge in [0.2, 0.25) is 10.0 Å². The van der Waals surface area contributed by atoms with Crippen LogP contribution in [0.4, 0.5) is 0 Å². The predicted octanol–water partition coefficient (Wildman–Crippen LogP) is 3.01. The van der Waals surface area contributed by atoms with E-state index in [-0.39, 0.29) is 10.9 Å². The van der Waals surface area contributed by atoms with Crippen LogP contribution in [-0.2, 0) is 16.6 Å². The van der Waals surface area contributed by atoms with Crippen molar-refractivity contribution in [1.82, 2.24) is 5.32 Å². The molecule has 2 aromatic rings. The number of halogens is 1. The molecule has 0 fully saturated rings. The van der Waals surface area contributed by atoms with Crippen molar-refractivity contribution < 1.29 is 8.42 Å². The molecule has 1 atom stereocenters. The summed E-state index contributed by atoms with van der Waals surface area (Å²) < 4.78 is 23.4. The number of thiophene rings is 1. The Bertz CT molecular complexity index is 681. The maximum Gasteiger partial charge on any atom is 0.238 e. The molecule has 0 spiro atoms. The lowest BCUT2D eigenvalue weighted by atomic mass is 10.2. The van der Waals surface area contributed by atoms with Gasteiger partial charge >= 0.3 is 0 Å². The molecule has 20 heavy (non-hydrogen) atoms. The van der Waals surface area contributed by atoms with E-state index in [1.54, 1.807) is 23.5 Å². The van der Waals surface area contributed by atoms with Crippen LogP contribution in [-0.4, -0.2) is 8.42 Å². The number of benzene rings is 1. The van der Waals surface area contributed by atoms with Crippen LogP contribution in [0.3, 0.4) is 0 Å². The van der Waals surface area contributed by atoms with Gasteiger partial charge in [-0.25, -0.2) is 13.6 Å². The summed E-state index contributed by atoms with van der Waals surface area (Å²) in [5, 5.41) is 8.46. The fraction of sp³-hybridized carbons (Fsp3) is 0.231. The average molecular weight is 375 g/mol. The Labute approximate surface area is 131 Å². The van der Waals surface area contributed by atoms with Gasteiger partial charge < -0.3 is 5.32 Å². The maximum atomic E-state index is 11.2. The van der Waals surface area contributed by atoms with Crippen molar-refractivity contribution in [1.29, 1.82) is 0 Å². The van der Waals surface area contributed by atoms with Crippen LogP contribution in [0, 0.1) is 0 Å². The van der Waals surface area contributed by atoms with E-state index in [0.717, 1.165) is 9.35 Å². The fourth-order valence-corrected chi connectivity index (χ4v) is 3.70. The van der Waals surface area contributed by atoms with Gasteiger partial charge in [-0.3, -0.25) is 0 Å². The summed E-state index contributed by atoms with van der Waals surface area (Å²) in [7, 11) is -3.62. The van der Waals surface area contributed by atoms with Gasteiger partial charge in [0.15, 0.2) is 0 Å². The smallest absolute Gasteiger partial charge is 0.238 e. The predicted molar refractivity (Wildman–Crippen MR) is 85.1 cm³/mol. The fourth-order valence-electron chi connectivity index (χ4n) is 1.73. The van der Waals surface area contributed by atoms with E-state index in [4.69, 9.17) is 5.14 Å². The molecule has 7 heteroatoms. The minimum atomic E-state index is -3.62. The highest BCUT2D eigenvalue weighted by Gasteiger charge is 2.09. The van der Waals surface area contributed by atoms with Crippen LogP contribution in [0.15, 0.2) is 45.1 Å². The standard InChI is InChI=1S/C13H15BrN2O2S2/c1-9(12-6-7-13(14)19-12)16-8-10-2-4-11(5-3-10)20(15,17)18/h2-7,9,16H,8H2,1H3,(H2,15,17,18). The number of nitrogens with one attached hydrogen (secondary N) is 1. The van der Waals surface area contributed by atoms with E-state index < -0.39 is 10.0 Å². The number of rotatable bonds is 5. The molecule has 0 saturated heterocycles. The molecule has 0 aliphatic rings. The third-order valence-corrected chi connectivity index (χ3v) is 5.62. The van der Waals surface area contributed by atoms with Crippen LogP contribution in [0.1, 0.15) is 23.4 Å². The monoisotopic (exact) mass is 374 g/mol. The van der Waals surface area contributed by atoms with Crippen LogP contribution >= 0.6 is 27.3 Å². The first kappa shape index (κ1) is 15.7. The normalized spacial score (nSPS) is 13.3. The molecule has 1 aromatic heterocycles. The molecule has 1 aromatic carbocycles. The van der Waals surface area contributed by atoms with Gasteiger partial charge in [0.25, 0.3) is 0 Å². The number of primary sulfonamides is 1. The topological polar surface area (TPSA) is 72.2 Å². The molecule has 0 aliphatic heterocycles. The largest absolute Gasteiger partial charge is 0.305 e. The van der Waals surface area contributed by atoms with E-state index in [9.17, 15) is 8.42 Å². The van der Waals surface area contributed by atoms with E-state index in [2.05, 4.69) is 34.2 Å². The molecule has 0 saturated carbocycles. The SMILES string of the molecule is CC(NCc1ccc(S(N)(=O)=O)cc1)c1ccc(Br)s1. The average Bonchev–Trinajstić information content (AvgIpc) is 2.82. The molecule has 2 rings (SSSR count). The van der Waals surface area contributed by atoms with Crippen molar-refractivity contribution in [2.24, 2.45) is 5.14 Å². The van der Waals surface area contributed by atoms with Crippen LogP contribution in [0.5, 0.6) is 0 Å². The second-order valence-corrected chi connectivity index (χ2v) is 8.49. The maximum absolute atomic E-state index is 11.2. The molecule has 1 unspecified atom stereocenters. The summed E-state index contributed by atoms with van der Waals surface area (Å²) in [6.45, 7) is 2.76. The lowest BCUT2D eigenvalue weighted by Gasteiger charge is -2.12. The first-order chi connectivity index (χ1) is 9.36. The molecule has 0 amide bonds. The van der Waals surface area contributed by atoms with Gasteiger partial charge in [0, 0.05) is 17.5 Å². The van der Waals surface area contributed by atoms with Crippen LogP contribution < -0.4 is 10.5 Å². The lowest BCUT2D eigenvalue weighted by Crippen LogP contribution is -2.17. The number of sulfonamides is 1. The Balaban J connectivity index is 1.97. The Morgan fingerprint density at radius 2 is 1.90 bits per heavy atom. The number of hydrogen-bond donors (Lipinski definition) is 2. The Morgan fingerprint density at radius 3 is 2.40 bits per heavy atom. The Hall–Kier alpha value is -0.730. The quantitative estimate of drug-likeness (QED) is 0.844. The zero-order valence-corrected chi connectivity index (χ0v) is 14.1. The molecule has 1 heterocycles. The second kappa shape index (κ2) is 6.36. The summed E-state index contributed by atoms with van der Waals surface area (Å²) >= 11 is 5.14. The first-order valence-corrected chi connectivity index (χ1v) is 9.12. The third kappa shape index (κ3) is 4.13. The van der Waals surface area contributed by atoms with Gasteiger partial charge in [0.05, 0.1) is 8.68 Å². The summed E-state index contributed by atoms with van der Waals surface area (Å²) in [5.41, 5.74) is 1.01. The molecule has 4 nitrogen and oxygen atoms in total. The highest BCUT2D eigenvalue weighted by molar-refractivity contribution is 9.11. The van der Waals surface area contributed by atoms with E-state index in [1.807, 2.05) is 6.07 Å². The minimum absolute atomic E-state index is 0.136. The Kier molecular flexibility index (Phi) is 4.98. The van der Waals surface area contributed by atoms with Crippen LogP contribution in [0.2, 0.25) is 0 Å². The lowest BCUT2D eigenvalue weighted by molar-refractivity contribution is 0.582. The summed E-state index contributed by atoms with van der Waals surface area (Å²) in [6, 6.07) is 10.9. The van der Waals surface area contributed by atoms with Crippen molar-refractivity contribution in [2.75, 3.05) is 0 Å². The highest BCUT2D eigenvalue weighted by Crippen LogP contribution is 2.27. The van der Waals surface area contributed by atoms with Gasteiger partial charge in [-0.1, -0.05) is 12.1 Å². The minimum Gasteiger partial charge on any atom is -0.305 e. The van der Waals surface area contributed by atoms with Gasteiger partial charge in [-0.05, 0) is 52.7 Å². The zero-order valence-electron chi connectivity index (χ0n) is 10.8. The van der Waals surface area contributed by atoms with Crippen molar-refractivity contribution in [2.45, 2.75) is 24.4 Å². The zero-order chi connectivity index (χ0) is 14.8. The second-order valence-electron chi connectivity index (χ2n) is 4.43. The van der Waals surface area contributed by atoms with Gasteiger partial charge in [-0.15, -0.1) is 11.3 Å². The summed E-state index contributed by atoms with van der Waals surface area (Å²) in [5.74, 6) is 0. The summed E-state index contributed by atoms with van der Waals surface area (Å²) in [6.07, 6.45) is 0. The summed E-state index contributed by atoms with van der Waals surface area (Å²) in [4.78, 5) is 1.38. The van der Waals surface area contributed by atoms with E-state index in [0.29, 0.717) is 6.54 Å². The first-order valence-electron chi connectivity index (χ1n) is 5.96. The molecule has 3 N–H and O–H groups in total. The molecule has 108 valence electrons. The molecule has 0 aliphatic carbocycles. The molecule has 0 bridgehead atoms. The molecule has 0 radical (unpaired) electrons. The van der Waals surface area contributed by atoms with E-state index >= 15 is 0 Å². The third-order valence-electron chi connectivity index (χ3n) is 2.89. The number of hydrogen-bond acceptors (Lipinski definition) is 4. The molecular weight excluding hydrogens is 360 g/mol. The highest BCUT2D eigenvalue weighted by atomic mass is 79.9. The van der Waals surface area contributed by atoms with Gasteiger partial charge in [0.1, 0.15) is 0 Å². The Morgan fingerprint density at radius 1 is 1.25 bits per heavy atom. The molecular formula is C13H15BrN2O2S2. The number of nitrogens with two attached hydrogens (primary N) is 1. The van der Waals surface area contributed by atoms with Crippen molar-refractivity contribution in [3.8, 4) is 0 Å². The van der Waals surface area contributed by atoms with Crippen LogP contribution in [0.25, 0.3) is 0 Å². The van der Waals surface area contributed by atoms with Crippen molar-refractivity contribution in [3.63, 3.8) is 0 Å².